The number of aromatic carboxylic acids is 1. The van der Waals surface area contributed by atoms with Gasteiger partial charge in [0.05, 0.1) is 11.1 Å². The number of hydrogen-bond donors (Lipinski definition) is 1. The van der Waals surface area contributed by atoms with Crippen LogP contribution in [0.5, 0.6) is 0 Å². The number of pyridine rings is 1. The minimum absolute atomic E-state index is 0.762. The molecule has 0 saturated carbocycles. The van der Waals surface area contributed by atoms with Crippen LogP contribution in [0.1, 0.15) is 22.3 Å². The molecule has 3 nitrogen and oxygen atoms in total. The molecule has 1 heterocycles. The normalized spacial score (nSPS) is 10.5. The van der Waals surface area contributed by atoms with Gasteiger partial charge in [0.2, 0.25) is 5.95 Å². The summed E-state index contributed by atoms with van der Waals surface area (Å²) in [4.78, 5) is 13.3. The first-order valence-corrected chi connectivity index (χ1v) is 3.20. The summed E-state index contributed by atoms with van der Waals surface area (Å²) in [7, 11) is 0. The van der Waals surface area contributed by atoms with Crippen LogP contribution in [0.3, 0.4) is 0 Å². The van der Waals surface area contributed by atoms with Crippen LogP contribution in [0.2, 0.25) is 0 Å². The van der Waals surface area contributed by atoms with Crippen molar-refractivity contribution >= 4 is 5.97 Å². The first kappa shape index (κ1) is 9.50. The van der Waals surface area contributed by atoms with Crippen LogP contribution in [0.15, 0.2) is 12.3 Å². The highest BCUT2D eigenvalue weighted by molar-refractivity contribution is 5.89. The first-order chi connectivity index (χ1) is 6.04. The van der Waals surface area contributed by atoms with Crippen molar-refractivity contribution < 1.29 is 23.1 Å². The van der Waals surface area contributed by atoms with Gasteiger partial charge in [-0.1, -0.05) is 0 Å². The molecule has 6 heteroatoms. The molecule has 0 spiro atoms. The van der Waals surface area contributed by atoms with Crippen LogP contribution >= 0.6 is 0 Å². The fourth-order valence-corrected chi connectivity index (χ4v) is 0.842. The predicted octanol–water partition coefficient (Wildman–Crippen LogP) is 1.86. The Balaban J connectivity index is 3.34. The SMILES string of the molecule is O=C(O)c1ccnc(F)c1C(F)F. The van der Waals surface area contributed by atoms with Gasteiger partial charge in [0, 0.05) is 6.20 Å². The maximum atomic E-state index is 12.6. The van der Waals surface area contributed by atoms with E-state index >= 15 is 0 Å². The van der Waals surface area contributed by atoms with Gasteiger partial charge in [-0.2, -0.15) is 4.39 Å². The van der Waals surface area contributed by atoms with Gasteiger partial charge in [0.25, 0.3) is 6.43 Å². The molecule has 13 heavy (non-hydrogen) atoms. The largest absolute Gasteiger partial charge is 0.478 e. The van der Waals surface area contributed by atoms with E-state index in [1.54, 1.807) is 0 Å². The van der Waals surface area contributed by atoms with E-state index in [1.165, 1.54) is 0 Å². The molecular formula is C7H4F3NO2. The Morgan fingerprint density at radius 1 is 1.54 bits per heavy atom. The van der Waals surface area contributed by atoms with Crippen LogP contribution in [-0.4, -0.2) is 16.1 Å². The number of aromatic nitrogens is 1. The molecule has 0 aliphatic heterocycles. The van der Waals surface area contributed by atoms with E-state index in [0.717, 1.165) is 12.3 Å². The Bertz CT molecular complexity index is 341. The average Bonchev–Trinajstić information content (AvgIpc) is 2.02. The van der Waals surface area contributed by atoms with Crippen molar-refractivity contribution in [2.75, 3.05) is 0 Å². The summed E-state index contributed by atoms with van der Waals surface area (Å²) in [5.41, 5.74) is -1.93. The zero-order chi connectivity index (χ0) is 10.0. The zero-order valence-electron chi connectivity index (χ0n) is 6.17. The predicted molar refractivity (Wildman–Crippen MR) is 36.1 cm³/mol. The van der Waals surface area contributed by atoms with Gasteiger partial charge in [-0.05, 0) is 6.07 Å². The zero-order valence-corrected chi connectivity index (χ0v) is 6.17. The van der Waals surface area contributed by atoms with E-state index in [1.807, 2.05) is 0 Å². The Morgan fingerprint density at radius 3 is 2.54 bits per heavy atom. The van der Waals surface area contributed by atoms with E-state index in [2.05, 4.69) is 4.98 Å². The third-order valence-corrected chi connectivity index (χ3v) is 1.39. The Labute approximate surface area is 70.8 Å². The number of nitrogens with zero attached hydrogens (tertiary/aromatic N) is 1. The van der Waals surface area contributed by atoms with Gasteiger partial charge < -0.3 is 5.11 Å². The Morgan fingerprint density at radius 2 is 2.15 bits per heavy atom. The number of halogens is 3. The van der Waals surface area contributed by atoms with E-state index in [9.17, 15) is 18.0 Å². The first-order valence-electron chi connectivity index (χ1n) is 3.20. The minimum atomic E-state index is -3.18. The molecule has 0 radical (unpaired) electrons. The summed E-state index contributed by atoms with van der Waals surface area (Å²) in [6.07, 6.45) is -2.36. The van der Waals surface area contributed by atoms with Gasteiger partial charge in [0.1, 0.15) is 0 Å². The molecule has 0 fully saturated rings. The van der Waals surface area contributed by atoms with E-state index in [4.69, 9.17) is 5.11 Å². The molecule has 0 aliphatic carbocycles. The highest BCUT2D eigenvalue weighted by atomic mass is 19.3. The summed E-state index contributed by atoms with van der Waals surface area (Å²) in [6.45, 7) is 0. The monoisotopic (exact) mass is 191 g/mol. The number of alkyl halides is 2. The number of rotatable bonds is 2. The van der Waals surface area contributed by atoms with Gasteiger partial charge >= 0.3 is 5.97 Å². The maximum Gasteiger partial charge on any atom is 0.336 e. The molecule has 1 aromatic rings. The molecule has 1 N–H and O–H groups in total. The molecule has 0 aliphatic rings. The van der Waals surface area contributed by atoms with Crippen LogP contribution in [-0.2, 0) is 0 Å². The topological polar surface area (TPSA) is 50.2 Å². The lowest BCUT2D eigenvalue weighted by atomic mass is 10.1. The second kappa shape index (κ2) is 3.42. The summed E-state index contributed by atoms with van der Waals surface area (Å²) in [5, 5.41) is 8.41. The van der Waals surface area contributed by atoms with Crippen molar-refractivity contribution in [3.8, 4) is 0 Å². The number of carbonyl (C=O) groups is 1. The van der Waals surface area contributed by atoms with Gasteiger partial charge in [-0.3, -0.25) is 0 Å². The third-order valence-electron chi connectivity index (χ3n) is 1.39. The molecule has 0 aromatic carbocycles. The Hall–Kier alpha value is -1.59. The average molecular weight is 191 g/mol. The summed E-state index contributed by atoms with van der Waals surface area (Å²) >= 11 is 0. The van der Waals surface area contributed by atoms with E-state index < -0.39 is 29.5 Å². The molecule has 0 bridgehead atoms. The second-order valence-corrected chi connectivity index (χ2v) is 2.17. The van der Waals surface area contributed by atoms with Crippen molar-refractivity contribution in [1.82, 2.24) is 4.98 Å². The van der Waals surface area contributed by atoms with E-state index in [-0.39, 0.29) is 0 Å². The summed E-state index contributed by atoms with van der Waals surface area (Å²) in [6, 6.07) is 0.826. The van der Waals surface area contributed by atoms with Gasteiger partial charge in [-0.25, -0.2) is 18.6 Å². The third kappa shape index (κ3) is 1.77. The van der Waals surface area contributed by atoms with Gasteiger partial charge in [-0.15, -0.1) is 0 Å². The lowest BCUT2D eigenvalue weighted by Crippen LogP contribution is -2.06. The van der Waals surface area contributed by atoms with Crippen molar-refractivity contribution in [2.24, 2.45) is 0 Å². The van der Waals surface area contributed by atoms with Crippen molar-refractivity contribution in [2.45, 2.75) is 6.43 Å². The smallest absolute Gasteiger partial charge is 0.336 e. The quantitative estimate of drug-likeness (QED) is 0.725. The summed E-state index contributed by atoms with van der Waals surface area (Å²) in [5.74, 6) is -3.05. The minimum Gasteiger partial charge on any atom is -0.478 e. The van der Waals surface area contributed by atoms with Crippen molar-refractivity contribution in [3.63, 3.8) is 0 Å². The lowest BCUT2D eigenvalue weighted by molar-refractivity contribution is 0.0681. The maximum absolute atomic E-state index is 12.6. The fourth-order valence-electron chi connectivity index (χ4n) is 0.842. The van der Waals surface area contributed by atoms with Crippen LogP contribution in [0.4, 0.5) is 13.2 Å². The lowest BCUT2D eigenvalue weighted by Gasteiger charge is -2.03. The Kier molecular flexibility index (Phi) is 2.50. The van der Waals surface area contributed by atoms with Crippen LogP contribution in [0.25, 0.3) is 0 Å². The fraction of sp³-hybridized carbons (Fsp3) is 0.143. The molecule has 0 unspecified atom stereocenters. The van der Waals surface area contributed by atoms with Gasteiger partial charge in [0.15, 0.2) is 0 Å². The molecule has 0 amide bonds. The molecule has 0 saturated heterocycles. The standard InChI is InChI=1S/C7H4F3NO2/c8-5(9)4-3(7(12)13)1-2-11-6(4)10/h1-2,5H,(H,12,13). The molecule has 1 aromatic heterocycles. The molecule has 1 rings (SSSR count). The molecule has 0 atom stereocenters. The number of hydrogen-bond acceptors (Lipinski definition) is 2. The van der Waals surface area contributed by atoms with E-state index in [0.29, 0.717) is 0 Å². The highest BCUT2D eigenvalue weighted by Gasteiger charge is 2.22. The molecular weight excluding hydrogens is 187 g/mol. The molecule has 70 valence electrons. The number of carboxylic acid groups (broad SMARTS) is 1. The van der Waals surface area contributed by atoms with Crippen LogP contribution in [0, 0.1) is 5.95 Å². The van der Waals surface area contributed by atoms with Crippen molar-refractivity contribution in [1.29, 1.82) is 0 Å². The van der Waals surface area contributed by atoms with Crippen molar-refractivity contribution in [3.05, 3.63) is 29.3 Å². The highest BCUT2D eigenvalue weighted by Crippen LogP contribution is 2.24. The second-order valence-electron chi connectivity index (χ2n) is 2.17. The summed E-state index contributed by atoms with van der Waals surface area (Å²) < 4.78 is 36.8. The number of carboxylic acids is 1. The van der Waals surface area contributed by atoms with Crippen LogP contribution < -0.4 is 0 Å².